The fraction of sp³-hybridized carbons (Fsp3) is 0.898. The van der Waals surface area contributed by atoms with E-state index in [4.69, 9.17) is 22.8 Å². The number of rotatable bonds is 30. The summed E-state index contributed by atoms with van der Waals surface area (Å²) in [6.45, 7) is 42.8. The second-order valence-electron chi connectivity index (χ2n) is 20.3. The average Bonchev–Trinajstić information content (AvgIpc) is 3.18. The quantitative estimate of drug-likeness (QED) is 0.0437. The van der Waals surface area contributed by atoms with Crippen molar-refractivity contribution in [2.75, 3.05) is 0 Å². The van der Waals surface area contributed by atoms with Gasteiger partial charge in [0.25, 0.3) is 0 Å². The molecule has 7 nitrogen and oxygen atoms in total. The van der Waals surface area contributed by atoms with Crippen LogP contribution in [0.3, 0.4) is 0 Å². The van der Waals surface area contributed by atoms with Gasteiger partial charge in [-0.1, -0.05) is 111 Å². The number of cyclic esters (lactones) is 1. The Morgan fingerprint density at radius 1 is 0.683 bits per heavy atom. The first-order valence-corrected chi connectivity index (χ1v) is 34.6. The van der Waals surface area contributed by atoms with E-state index in [0.29, 0.717) is 48.1 Å². The highest BCUT2D eigenvalue weighted by atomic mass is 28.4. The molecule has 0 spiro atoms. The van der Waals surface area contributed by atoms with E-state index in [1.54, 1.807) is 13.8 Å². The highest BCUT2D eigenvalue weighted by Gasteiger charge is 2.43. The smallest absolute Gasteiger partial charge is 0.337 e. The van der Waals surface area contributed by atoms with Gasteiger partial charge in [0.1, 0.15) is 13.8 Å². The molecular weight excluding hydrogens is 813 g/mol. The molecule has 0 aromatic heterocycles. The molecule has 0 amide bonds. The minimum atomic E-state index is -2.03. The predicted molar refractivity (Wildman–Crippen MR) is 266 cm³/mol. The maximum atomic E-state index is 12.7. The first-order valence-electron chi connectivity index (χ1n) is 24.8. The molecule has 0 aromatic carbocycles. The Morgan fingerprint density at radius 3 is 1.53 bits per heavy atom. The summed E-state index contributed by atoms with van der Waals surface area (Å²) in [6.07, 6.45) is 6.37. The van der Waals surface area contributed by atoms with Crippen molar-refractivity contribution in [3.8, 4) is 11.5 Å². The molecule has 0 fully saturated rings. The van der Waals surface area contributed by atoms with Gasteiger partial charge in [-0.15, -0.1) is 11.5 Å². The van der Waals surface area contributed by atoms with Crippen LogP contribution in [0.4, 0.5) is 0 Å². The summed E-state index contributed by atoms with van der Waals surface area (Å²) in [5.41, 5.74) is 4.77. The Bertz CT molecular complexity index is 1290. The van der Waals surface area contributed by atoms with Crippen LogP contribution in [-0.4, -0.2) is 73.8 Å². The molecular formula is C49H98O7Si4. The Labute approximate surface area is 376 Å². The van der Waals surface area contributed by atoms with Crippen LogP contribution in [-0.2, 0) is 27.5 Å². The molecule has 0 aliphatic carbocycles. The highest BCUT2D eigenvalue weighted by molar-refractivity contribution is 6.90. The second kappa shape index (κ2) is 25.7. The molecule has 0 saturated carbocycles. The van der Waals surface area contributed by atoms with Gasteiger partial charge in [-0.25, -0.2) is 4.79 Å². The minimum absolute atomic E-state index is 0.000320. The van der Waals surface area contributed by atoms with Crippen molar-refractivity contribution in [3.05, 3.63) is 11.8 Å². The van der Waals surface area contributed by atoms with Gasteiger partial charge in [0, 0.05) is 39.2 Å². The van der Waals surface area contributed by atoms with E-state index in [-0.39, 0.29) is 30.2 Å². The van der Waals surface area contributed by atoms with E-state index < -0.39 is 44.4 Å². The molecule has 11 heteroatoms. The monoisotopic (exact) mass is 911 g/mol. The van der Waals surface area contributed by atoms with Crippen LogP contribution < -0.4 is 0 Å². The van der Waals surface area contributed by atoms with E-state index in [1.165, 1.54) is 6.08 Å². The van der Waals surface area contributed by atoms with Crippen LogP contribution in [0.1, 0.15) is 176 Å². The average molecular weight is 912 g/mol. The Hall–Kier alpha value is -0.722. The summed E-state index contributed by atoms with van der Waals surface area (Å²) in [4.78, 5) is 12.7. The SMILES string of the molecule is CC[Si](CC)(CC)O[C@@H](CC[C@@H](C)[C@H](C[C@](C)(O)CCC#C[Si](C(C)C)(C(C)C)C(C)C)O[Si](CC)(CC)CC)C[C@H](CC1=CC(=O)OC(C)(C)O1)O[Si](CC)(CC)CC. The number of hydrogen-bond acceptors (Lipinski definition) is 7. The first-order chi connectivity index (χ1) is 27.9. The molecule has 0 radical (unpaired) electrons. The number of aliphatic hydroxyl groups is 1. The lowest BCUT2D eigenvalue weighted by Gasteiger charge is -2.41. The second-order valence-corrected chi connectivity index (χ2v) is 40.0. The van der Waals surface area contributed by atoms with Gasteiger partial charge in [0.15, 0.2) is 25.0 Å². The third-order valence-electron chi connectivity index (χ3n) is 15.2. The summed E-state index contributed by atoms with van der Waals surface area (Å²) in [7, 11) is -7.86. The van der Waals surface area contributed by atoms with Crippen molar-refractivity contribution >= 4 is 39.0 Å². The lowest BCUT2D eigenvalue weighted by molar-refractivity contribution is -0.206. The van der Waals surface area contributed by atoms with Gasteiger partial charge in [-0.05, 0) is 110 Å². The van der Waals surface area contributed by atoms with Crippen molar-refractivity contribution in [3.63, 3.8) is 0 Å². The fourth-order valence-corrected chi connectivity index (χ4v) is 24.4. The molecule has 352 valence electrons. The summed E-state index contributed by atoms with van der Waals surface area (Å²) < 4.78 is 33.9. The van der Waals surface area contributed by atoms with Crippen LogP contribution in [0, 0.1) is 17.4 Å². The van der Waals surface area contributed by atoms with Crippen molar-refractivity contribution in [1.29, 1.82) is 0 Å². The molecule has 5 atom stereocenters. The van der Waals surface area contributed by atoms with Gasteiger partial charge in [-0.3, -0.25) is 0 Å². The van der Waals surface area contributed by atoms with E-state index in [0.717, 1.165) is 73.7 Å². The van der Waals surface area contributed by atoms with Crippen molar-refractivity contribution in [2.24, 2.45) is 5.92 Å². The summed E-state index contributed by atoms with van der Waals surface area (Å²) >= 11 is 0. The van der Waals surface area contributed by atoms with E-state index in [2.05, 4.69) is 122 Å². The fourth-order valence-electron chi connectivity index (χ4n) is 10.3. The lowest BCUT2D eigenvalue weighted by Crippen LogP contribution is -2.46. The molecule has 0 saturated heterocycles. The maximum Gasteiger partial charge on any atom is 0.337 e. The Morgan fingerprint density at radius 2 is 1.12 bits per heavy atom. The van der Waals surface area contributed by atoms with Crippen molar-refractivity contribution in [1.82, 2.24) is 0 Å². The van der Waals surface area contributed by atoms with Gasteiger partial charge < -0.3 is 27.9 Å². The van der Waals surface area contributed by atoms with Gasteiger partial charge in [-0.2, -0.15) is 0 Å². The zero-order valence-electron chi connectivity index (χ0n) is 42.8. The summed E-state index contributed by atoms with van der Waals surface area (Å²) in [5, 5.41) is 12.1. The number of carbonyl (C=O) groups excluding carboxylic acids is 1. The van der Waals surface area contributed by atoms with Gasteiger partial charge in [0.05, 0.1) is 23.9 Å². The van der Waals surface area contributed by atoms with E-state index in [9.17, 15) is 9.90 Å². The Kier molecular flexibility index (Phi) is 24.5. The van der Waals surface area contributed by atoms with Crippen LogP contribution in [0.5, 0.6) is 0 Å². The zero-order chi connectivity index (χ0) is 46.2. The third kappa shape index (κ3) is 16.7. The number of esters is 1. The molecule has 1 rings (SSSR count). The molecule has 1 aliphatic rings. The van der Waals surface area contributed by atoms with Crippen LogP contribution >= 0.6 is 0 Å². The lowest BCUT2D eigenvalue weighted by atomic mass is 9.86. The normalized spacial score (nSPS) is 18.3. The summed E-state index contributed by atoms with van der Waals surface area (Å²) in [5.74, 6) is 3.11. The molecule has 60 heavy (non-hydrogen) atoms. The van der Waals surface area contributed by atoms with Crippen LogP contribution in [0.25, 0.3) is 0 Å². The molecule has 0 bridgehead atoms. The number of ether oxygens (including phenoxy) is 2. The maximum absolute atomic E-state index is 12.7. The van der Waals surface area contributed by atoms with Gasteiger partial charge >= 0.3 is 5.97 Å². The third-order valence-corrected chi connectivity index (χ3v) is 35.6. The highest BCUT2D eigenvalue weighted by Crippen LogP contribution is 2.41. The number of carbonyl (C=O) groups is 1. The van der Waals surface area contributed by atoms with Gasteiger partial charge in [0.2, 0.25) is 5.79 Å². The topological polar surface area (TPSA) is 83.5 Å². The van der Waals surface area contributed by atoms with E-state index in [1.807, 2.05) is 6.92 Å². The predicted octanol–water partition coefficient (Wildman–Crippen LogP) is 14.7. The molecule has 1 heterocycles. The van der Waals surface area contributed by atoms with Crippen LogP contribution in [0.2, 0.25) is 71.0 Å². The molecule has 0 aromatic rings. The van der Waals surface area contributed by atoms with Crippen molar-refractivity contribution < 1.29 is 32.7 Å². The standard InChI is InChI=1S/C49H98O7Si4/c1-20-57(21-2,22-3)54-43(35-45(55-58(23-4,24-5)25-6)36-44-37-47(50)53-48(17,18)52-44)32-31-42(16)46(56-59(26-7,27-8)28-9)38-49(19,51)33-29-30-34-60(39(10)11,40(12)13)41(14)15/h37,39-43,45-46,51H,20-29,31-33,35-36,38H2,1-19H3/t42-,43+,45-,46+,49-/m1/s1. The number of hydrogen-bond donors (Lipinski definition) is 1. The largest absolute Gasteiger partial charge is 0.457 e. The van der Waals surface area contributed by atoms with E-state index >= 15 is 0 Å². The molecule has 1 N–H and O–H groups in total. The summed E-state index contributed by atoms with van der Waals surface area (Å²) in [6, 6.07) is 9.59. The zero-order valence-corrected chi connectivity index (χ0v) is 46.8. The minimum Gasteiger partial charge on any atom is -0.457 e. The molecule has 1 aliphatic heterocycles. The van der Waals surface area contributed by atoms with Crippen molar-refractivity contribution in [2.45, 2.75) is 277 Å². The Balaban J connectivity index is 3.62. The first kappa shape index (κ1) is 57.3. The van der Waals surface area contributed by atoms with Crippen LogP contribution in [0.15, 0.2) is 11.8 Å². The molecule has 0 unspecified atom stereocenters.